The van der Waals surface area contributed by atoms with Crippen LogP contribution in [0.25, 0.3) is 11.2 Å². The number of nitrogen functional groups attached to an aromatic ring is 1. The molecule has 0 saturated carbocycles. The number of hydrogen-bond donors (Lipinski definition) is 2. The molecule has 2 fully saturated rings. The minimum atomic E-state index is -0.769. The lowest BCUT2D eigenvalue weighted by molar-refractivity contribution is -0.201. The van der Waals surface area contributed by atoms with Crippen molar-refractivity contribution in [3.63, 3.8) is 0 Å². The van der Waals surface area contributed by atoms with Crippen molar-refractivity contribution in [2.75, 3.05) is 18.9 Å². The highest BCUT2D eigenvalue weighted by atomic mass is 16.8. The lowest BCUT2D eigenvalue weighted by Gasteiger charge is -2.24. The van der Waals surface area contributed by atoms with Gasteiger partial charge in [-0.05, 0) is 31.9 Å². The Kier molecular flexibility index (Phi) is 5.84. The van der Waals surface area contributed by atoms with E-state index in [1.54, 1.807) is 29.1 Å². The van der Waals surface area contributed by atoms with Gasteiger partial charge in [-0.2, -0.15) is 0 Å². The van der Waals surface area contributed by atoms with Gasteiger partial charge in [0, 0.05) is 0 Å². The number of fused-ring (bicyclic) bond motifs is 2. The van der Waals surface area contributed by atoms with Crippen molar-refractivity contribution in [3.05, 3.63) is 42.2 Å². The summed E-state index contributed by atoms with van der Waals surface area (Å²) in [6.45, 7) is 4.14. The molecule has 12 nitrogen and oxygen atoms in total. The third kappa shape index (κ3) is 4.29. The van der Waals surface area contributed by atoms with Crippen molar-refractivity contribution in [2.24, 2.45) is 5.16 Å². The van der Waals surface area contributed by atoms with Crippen LogP contribution in [0.3, 0.4) is 0 Å². The summed E-state index contributed by atoms with van der Waals surface area (Å²) in [6, 6.07) is 5.24. The van der Waals surface area contributed by atoms with Crippen LogP contribution in [0.5, 0.6) is 0 Å². The number of anilines is 1. The Bertz CT molecular complexity index is 1280. The Hall–Kier alpha value is -3.63. The Morgan fingerprint density at radius 1 is 1.26 bits per heavy atom. The molecule has 3 aromatic rings. The second-order valence-corrected chi connectivity index (χ2v) is 8.22. The van der Waals surface area contributed by atoms with Gasteiger partial charge >= 0.3 is 0 Å². The van der Waals surface area contributed by atoms with E-state index in [-0.39, 0.29) is 25.4 Å². The van der Waals surface area contributed by atoms with Gasteiger partial charge in [0.05, 0.1) is 24.8 Å². The fourth-order valence-corrected chi connectivity index (χ4v) is 4.08. The Labute approximate surface area is 194 Å². The summed E-state index contributed by atoms with van der Waals surface area (Å²) >= 11 is 0. The highest BCUT2D eigenvalue weighted by Gasteiger charge is 2.56. The van der Waals surface area contributed by atoms with Gasteiger partial charge < -0.3 is 29.9 Å². The van der Waals surface area contributed by atoms with Crippen molar-refractivity contribution < 1.29 is 24.2 Å². The fraction of sp³-hybridized carbons (Fsp3) is 0.409. The van der Waals surface area contributed by atoms with Crippen molar-refractivity contribution in [1.29, 1.82) is 0 Å². The molecule has 3 aromatic heterocycles. The topological polar surface area (TPSA) is 152 Å². The molecule has 34 heavy (non-hydrogen) atoms. The van der Waals surface area contributed by atoms with Crippen LogP contribution >= 0.6 is 0 Å². The third-order valence-electron chi connectivity index (χ3n) is 5.42. The summed E-state index contributed by atoms with van der Waals surface area (Å²) in [7, 11) is 0. The largest absolute Gasteiger partial charge is 0.411 e. The molecular weight excluding hydrogens is 442 g/mol. The average molecular weight is 465 g/mol. The number of rotatable bonds is 5. The Morgan fingerprint density at radius 2 is 2.12 bits per heavy atom. The SMILES string of the molecule is CC1(C)O[C@@H]2[C@@H](COCC#Cc3cccc(/C=N\O)n3)OC(n3cnc4c(N)ncnc43)[C@@H]2O1. The maximum atomic E-state index is 8.63. The van der Waals surface area contributed by atoms with E-state index in [0.717, 1.165) is 0 Å². The monoisotopic (exact) mass is 465 g/mol. The molecular formula is C22H23N7O5. The first-order valence-corrected chi connectivity index (χ1v) is 10.6. The molecule has 2 aliphatic rings. The van der Waals surface area contributed by atoms with E-state index in [1.165, 1.54) is 12.5 Å². The number of nitrogens with zero attached hydrogens (tertiary/aromatic N) is 6. The molecule has 4 atom stereocenters. The van der Waals surface area contributed by atoms with Crippen LogP contribution in [0.15, 0.2) is 36.0 Å². The highest BCUT2D eigenvalue weighted by molar-refractivity contribution is 5.81. The van der Waals surface area contributed by atoms with Gasteiger partial charge in [0.2, 0.25) is 0 Å². The molecule has 0 amide bonds. The van der Waals surface area contributed by atoms with Gasteiger partial charge in [0.25, 0.3) is 0 Å². The van der Waals surface area contributed by atoms with Gasteiger partial charge in [-0.3, -0.25) is 4.57 Å². The summed E-state index contributed by atoms with van der Waals surface area (Å²) in [5.74, 6) is 5.37. The van der Waals surface area contributed by atoms with E-state index in [0.29, 0.717) is 28.4 Å². The first kappa shape index (κ1) is 22.2. The summed E-state index contributed by atoms with van der Waals surface area (Å²) in [5, 5.41) is 11.6. The number of pyridine rings is 1. The predicted molar refractivity (Wildman–Crippen MR) is 119 cm³/mol. The molecule has 5 rings (SSSR count). The van der Waals surface area contributed by atoms with Crippen LogP contribution in [-0.2, 0) is 18.9 Å². The number of aromatic nitrogens is 5. The smallest absolute Gasteiger partial charge is 0.167 e. The highest BCUT2D eigenvalue weighted by Crippen LogP contribution is 2.43. The van der Waals surface area contributed by atoms with Crippen LogP contribution in [0, 0.1) is 11.8 Å². The molecule has 0 spiro atoms. The standard InChI is InChI=1S/C22H23N7O5/c1-22(2)33-17-15(10-31-8-4-7-13-5-3-6-14(28-13)9-27-30)32-21(18(17)34-22)29-12-26-16-19(23)24-11-25-20(16)29/h3,5-6,9,11-12,15,17-18,21,30H,8,10H2,1-2H3,(H2,23,24,25)/b27-9-/t15-,17-,18-,21?/m1/s1. The molecule has 5 heterocycles. The van der Waals surface area contributed by atoms with Crippen LogP contribution in [0.4, 0.5) is 5.82 Å². The second-order valence-electron chi connectivity index (χ2n) is 8.22. The summed E-state index contributed by atoms with van der Waals surface area (Å²) in [5.41, 5.74) is 8.03. The minimum Gasteiger partial charge on any atom is -0.411 e. The molecule has 0 aromatic carbocycles. The number of hydrogen-bond acceptors (Lipinski definition) is 11. The lowest BCUT2D eigenvalue weighted by Crippen LogP contribution is -2.33. The molecule has 176 valence electrons. The van der Waals surface area contributed by atoms with Crippen LogP contribution < -0.4 is 5.73 Å². The molecule has 1 unspecified atom stereocenters. The van der Waals surface area contributed by atoms with Gasteiger partial charge in [-0.1, -0.05) is 17.1 Å². The van der Waals surface area contributed by atoms with E-state index in [1.807, 2.05) is 13.8 Å². The zero-order chi connectivity index (χ0) is 23.7. The third-order valence-corrected chi connectivity index (χ3v) is 5.42. The number of nitrogens with two attached hydrogens (primary N) is 1. The molecule has 2 aliphatic heterocycles. The van der Waals surface area contributed by atoms with E-state index in [9.17, 15) is 0 Å². The van der Waals surface area contributed by atoms with E-state index >= 15 is 0 Å². The normalized spacial score (nSPS) is 25.5. The van der Waals surface area contributed by atoms with Gasteiger partial charge in [-0.25, -0.2) is 19.9 Å². The van der Waals surface area contributed by atoms with Gasteiger partial charge in [-0.15, -0.1) is 0 Å². The molecule has 12 heteroatoms. The van der Waals surface area contributed by atoms with Gasteiger partial charge in [0.15, 0.2) is 23.5 Å². The number of imidazole rings is 1. The van der Waals surface area contributed by atoms with E-state index in [2.05, 4.69) is 36.9 Å². The summed E-state index contributed by atoms with van der Waals surface area (Å²) in [6.07, 6.45) is 2.59. The Morgan fingerprint density at radius 3 is 2.97 bits per heavy atom. The molecule has 0 aliphatic carbocycles. The van der Waals surface area contributed by atoms with Crippen molar-refractivity contribution in [3.8, 4) is 11.8 Å². The predicted octanol–water partition coefficient (Wildman–Crippen LogP) is 1.10. The van der Waals surface area contributed by atoms with Crippen LogP contribution in [0.1, 0.15) is 31.5 Å². The van der Waals surface area contributed by atoms with Crippen molar-refractivity contribution >= 4 is 23.2 Å². The second kappa shape index (κ2) is 8.96. The number of oxime groups is 1. The van der Waals surface area contributed by atoms with Crippen LogP contribution in [0.2, 0.25) is 0 Å². The summed E-state index contributed by atoms with van der Waals surface area (Å²) < 4.78 is 26.1. The fourth-order valence-electron chi connectivity index (χ4n) is 4.08. The number of ether oxygens (including phenoxy) is 4. The van der Waals surface area contributed by atoms with Gasteiger partial charge in [0.1, 0.15) is 42.5 Å². The molecule has 0 bridgehead atoms. The van der Waals surface area contributed by atoms with E-state index in [4.69, 9.17) is 29.9 Å². The molecule has 2 saturated heterocycles. The average Bonchev–Trinajstić information content (AvgIpc) is 3.46. The van der Waals surface area contributed by atoms with E-state index < -0.39 is 18.1 Å². The lowest BCUT2D eigenvalue weighted by atomic mass is 10.1. The zero-order valence-corrected chi connectivity index (χ0v) is 18.5. The first-order valence-electron chi connectivity index (χ1n) is 10.6. The minimum absolute atomic E-state index is 0.171. The van der Waals surface area contributed by atoms with Crippen molar-refractivity contribution in [2.45, 2.75) is 44.2 Å². The Balaban J connectivity index is 1.27. The quantitative estimate of drug-likeness (QED) is 0.184. The van der Waals surface area contributed by atoms with Crippen LogP contribution in [-0.4, -0.2) is 73.2 Å². The summed E-state index contributed by atoms with van der Waals surface area (Å²) in [4.78, 5) is 16.9. The first-order chi connectivity index (χ1) is 16.4. The maximum Gasteiger partial charge on any atom is 0.167 e. The molecule has 3 N–H and O–H groups in total. The van der Waals surface area contributed by atoms with Crippen molar-refractivity contribution in [1.82, 2.24) is 24.5 Å². The zero-order valence-electron chi connectivity index (χ0n) is 18.5. The molecule has 0 radical (unpaired) electrons. The maximum absolute atomic E-state index is 8.63.